The van der Waals surface area contributed by atoms with Crippen LogP contribution in [0.3, 0.4) is 0 Å². The topological polar surface area (TPSA) is 8.17 Å². The third-order valence-corrected chi connectivity index (χ3v) is 16.3. The van der Waals surface area contributed by atoms with E-state index in [2.05, 4.69) is 269 Å². The second-order valence-electron chi connectivity index (χ2n) is 22.1. The minimum Gasteiger partial charge on any atom is -0.311 e. The van der Waals surface area contributed by atoms with Crippen molar-refractivity contribution >= 4 is 38.9 Å². The Labute approximate surface area is 471 Å². The quantitative estimate of drug-likeness (QED) is 0.0651. The highest BCUT2D eigenvalue weighted by Gasteiger charge is 2.19. The summed E-state index contributed by atoms with van der Waals surface area (Å²) in [7, 11) is 0. The lowest BCUT2D eigenvalue weighted by Gasteiger charge is -2.26. The van der Waals surface area contributed by atoms with E-state index in [1.807, 2.05) is 0 Å². The van der Waals surface area contributed by atoms with Crippen LogP contribution in [0, 0.1) is 13.8 Å². The molecule has 0 amide bonds. The number of benzene rings is 10. The lowest BCUT2D eigenvalue weighted by molar-refractivity contribution is 0.664. The molecule has 394 valence electrons. The maximum Gasteiger partial charge on any atom is 0.0541 e. The van der Waals surface area contributed by atoms with Gasteiger partial charge >= 0.3 is 0 Å². The summed E-state index contributed by atoms with van der Waals surface area (Å²) in [6, 6.07) is 85.0. The number of aromatic nitrogens is 1. The first-order valence-electron chi connectivity index (χ1n) is 29.5. The Morgan fingerprint density at radius 2 is 0.722 bits per heavy atom. The normalized spacial score (nSPS) is 11.5. The van der Waals surface area contributed by atoms with Crippen LogP contribution in [-0.4, -0.2) is 4.57 Å². The van der Waals surface area contributed by atoms with E-state index in [1.54, 1.807) is 0 Å². The fourth-order valence-electron chi connectivity index (χ4n) is 11.8. The van der Waals surface area contributed by atoms with Crippen molar-refractivity contribution in [3.05, 3.63) is 252 Å². The maximum absolute atomic E-state index is 2.59. The molecular formula is C77H76N2. The van der Waals surface area contributed by atoms with Crippen molar-refractivity contribution in [2.24, 2.45) is 0 Å². The van der Waals surface area contributed by atoms with Gasteiger partial charge < -0.3 is 9.47 Å². The van der Waals surface area contributed by atoms with Crippen LogP contribution >= 0.6 is 0 Å². The molecule has 0 bridgehead atoms. The molecule has 1 aromatic heterocycles. The molecule has 0 radical (unpaired) electrons. The number of hydrogen-bond donors (Lipinski definition) is 0. The van der Waals surface area contributed by atoms with Gasteiger partial charge in [-0.05, 0) is 185 Å². The van der Waals surface area contributed by atoms with Crippen molar-refractivity contribution in [1.29, 1.82) is 0 Å². The molecule has 11 aromatic rings. The molecule has 0 aliphatic heterocycles. The number of para-hydroxylation sites is 1. The van der Waals surface area contributed by atoms with Gasteiger partial charge in [-0.3, -0.25) is 0 Å². The summed E-state index contributed by atoms with van der Waals surface area (Å²) in [6.07, 6.45) is 14.2. The molecule has 0 saturated heterocycles. The fraction of sp³-hybridized carbons (Fsp3) is 0.221. The second kappa shape index (κ2) is 24.6. The van der Waals surface area contributed by atoms with E-state index in [0.29, 0.717) is 0 Å². The molecule has 0 atom stereocenters. The predicted octanol–water partition coefficient (Wildman–Crippen LogP) is 22.4. The average molecular weight is 1030 g/mol. The summed E-state index contributed by atoms with van der Waals surface area (Å²) in [5, 5.41) is 2.58. The van der Waals surface area contributed by atoms with E-state index >= 15 is 0 Å². The zero-order chi connectivity index (χ0) is 54.1. The van der Waals surface area contributed by atoms with Gasteiger partial charge in [-0.15, -0.1) is 0 Å². The molecule has 79 heavy (non-hydrogen) atoms. The Balaban J connectivity index is 0.977. The van der Waals surface area contributed by atoms with E-state index in [-0.39, 0.29) is 0 Å². The summed E-state index contributed by atoms with van der Waals surface area (Å²) in [5.41, 5.74) is 26.6. The number of rotatable bonds is 21. The van der Waals surface area contributed by atoms with Crippen molar-refractivity contribution in [3.8, 4) is 61.3 Å². The van der Waals surface area contributed by atoms with Crippen molar-refractivity contribution in [1.82, 2.24) is 4.57 Å². The van der Waals surface area contributed by atoms with Gasteiger partial charge in [-0.2, -0.15) is 0 Å². The summed E-state index contributed by atoms with van der Waals surface area (Å²) in [4.78, 5) is 2.42. The van der Waals surface area contributed by atoms with Crippen molar-refractivity contribution < 1.29 is 0 Å². The molecule has 2 heteroatoms. The van der Waals surface area contributed by atoms with Crippen LogP contribution in [0.4, 0.5) is 17.1 Å². The van der Waals surface area contributed by atoms with E-state index in [9.17, 15) is 0 Å². The number of aryl methyl sites for hydroxylation is 5. The Morgan fingerprint density at radius 1 is 0.316 bits per heavy atom. The van der Waals surface area contributed by atoms with Gasteiger partial charge in [0, 0.05) is 33.5 Å². The molecule has 0 fully saturated rings. The maximum atomic E-state index is 2.59. The van der Waals surface area contributed by atoms with Crippen LogP contribution in [0.1, 0.15) is 106 Å². The largest absolute Gasteiger partial charge is 0.311 e. The highest BCUT2D eigenvalue weighted by atomic mass is 15.1. The van der Waals surface area contributed by atoms with Gasteiger partial charge in [0.05, 0.1) is 11.0 Å². The van der Waals surface area contributed by atoms with E-state index in [4.69, 9.17) is 0 Å². The molecule has 0 unspecified atom stereocenters. The number of anilines is 3. The fourth-order valence-corrected chi connectivity index (χ4v) is 11.8. The Hall–Kier alpha value is -8.20. The zero-order valence-electron chi connectivity index (χ0n) is 47.2. The molecule has 0 aliphatic rings. The molecule has 0 aliphatic carbocycles. The van der Waals surface area contributed by atoms with Crippen LogP contribution in [0.15, 0.2) is 224 Å². The third kappa shape index (κ3) is 11.8. The molecule has 0 spiro atoms. The van der Waals surface area contributed by atoms with Crippen molar-refractivity contribution in [3.63, 3.8) is 0 Å². The lowest BCUT2D eigenvalue weighted by Crippen LogP contribution is -2.10. The highest BCUT2D eigenvalue weighted by molar-refractivity contribution is 6.10. The molecule has 2 nitrogen and oxygen atoms in total. The average Bonchev–Trinajstić information content (AvgIpc) is 4.07. The van der Waals surface area contributed by atoms with Crippen LogP contribution in [0.2, 0.25) is 0 Å². The number of nitrogens with zero attached hydrogens (tertiary/aromatic N) is 2. The van der Waals surface area contributed by atoms with E-state index in [0.717, 1.165) is 42.7 Å². The summed E-state index contributed by atoms with van der Waals surface area (Å²) < 4.78 is 2.45. The second-order valence-corrected chi connectivity index (χ2v) is 22.1. The minimum atomic E-state index is 1.05. The van der Waals surface area contributed by atoms with Crippen LogP contribution in [-0.2, 0) is 19.3 Å². The first-order valence-corrected chi connectivity index (χ1v) is 29.5. The van der Waals surface area contributed by atoms with Crippen molar-refractivity contribution in [2.45, 2.75) is 112 Å². The van der Waals surface area contributed by atoms with E-state index < -0.39 is 0 Å². The molecule has 0 saturated carbocycles. The van der Waals surface area contributed by atoms with Gasteiger partial charge in [0.15, 0.2) is 0 Å². The third-order valence-electron chi connectivity index (χ3n) is 16.3. The summed E-state index contributed by atoms with van der Waals surface area (Å²) in [6.45, 7) is 11.2. The lowest BCUT2D eigenvalue weighted by atomic mass is 9.86. The van der Waals surface area contributed by atoms with Crippen molar-refractivity contribution in [2.75, 3.05) is 4.90 Å². The van der Waals surface area contributed by atoms with Gasteiger partial charge in [0.1, 0.15) is 0 Å². The smallest absolute Gasteiger partial charge is 0.0541 e. The number of hydrogen-bond acceptors (Lipinski definition) is 1. The predicted molar refractivity (Wildman–Crippen MR) is 342 cm³/mol. The molecule has 10 aromatic carbocycles. The number of unbranched alkanes of at least 4 members (excludes halogenated alkanes) is 6. The Morgan fingerprint density at radius 3 is 1.20 bits per heavy atom. The molecule has 0 N–H and O–H groups in total. The Bertz CT molecular complexity index is 3770. The minimum absolute atomic E-state index is 1.05. The Kier molecular flexibility index (Phi) is 16.5. The molecule has 11 rings (SSSR count). The van der Waals surface area contributed by atoms with Gasteiger partial charge in [0.2, 0.25) is 0 Å². The van der Waals surface area contributed by atoms with Crippen LogP contribution in [0.25, 0.3) is 83.1 Å². The van der Waals surface area contributed by atoms with Gasteiger partial charge in [-0.1, -0.05) is 235 Å². The van der Waals surface area contributed by atoms with E-state index in [1.165, 1.54) is 162 Å². The van der Waals surface area contributed by atoms with Crippen LogP contribution < -0.4 is 4.90 Å². The summed E-state index contributed by atoms with van der Waals surface area (Å²) >= 11 is 0. The summed E-state index contributed by atoms with van der Waals surface area (Å²) in [5.74, 6) is 0. The number of fused-ring (bicyclic) bond motifs is 3. The van der Waals surface area contributed by atoms with Gasteiger partial charge in [0.25, 0.3) is 0 Å². The first kappa shape index (κ1) is 52.8. The standard InChI is InChI=1S/C77H76N2/c1-6-9-11-13-18-65-53-74(67-42-51-77-75(54-67)72-20-15-16-21-76(72)79(77)71-47-38-62(39-48-71)59-30-24-56(5)25-31-59)66(19-14-12-10-7-2)52-73(65)64-40-49-70(50-41-64)78(68-43-34-61(35-44-68)58-28-22-55(4)23-29-58)69-45-36-63(37-46-69)60-32-26-57(17-8-3)27-33-60/h15-16,20-54H,6-14,17-19H2,1-5H3. The SMILES string of the molecule is CCCCCCc1cc(-c2ccc3c(c2)c2ccccc2n3-c2ccc(-c3ccc(C)cc3)cc2)c(CCCCCC)cc1-c1ccc(N(c2ccc(-c3ccc(C)cc3)cc2)c2ccc(-c3ccc(CCC)cc3)cc2)cc1. The first-order chi connectivity index (χ1) is 38.8. The highest BCUT2D eigenvalue weighted by Crippen LogP contribution is 2.42. The van der Waals surface area contributed by atoms with Gasteiger partial charge in [-0.25, -0.2) is 0 Å². The zero-order valence-corrected chi connectivity index (χ0v) is 47.2. The monoisotopic (exact) mass is 1030 g/mol. The van der Waals surface area contributed by atoms with Crippen LogP contribution in [0.5, 0.6) is 0 Å². The molecule has 1 heterocycles. The molecular weight excluding hydrogens is 953 g/mol.